The Morgan fingerprint density at radius 3 is 1.69 bits per heavy atom. The Morgan fingerprint density at radius 1 is 0.655 bits per heavy atom. The maximum absolute atomic E-state index is 2.31. The Kier molecular flexibility index (Phi) is 8.03. The molecular weight excluding hydrogens is 411 g/mol. The third-order valence-electron chi connectivity index (χ3n) is 4.76. The van der Waals surface area contributed by atoms with Gasteiger partial charge in [0, 0.05) is 0 Å². The van der Waals surface area contributed by atoms with Gasteiger partial charge in [-0.2, -0.15) is 24.3 Å². The Bertz CT molecular complexity index is 942. The summed E-state index contributed by atoms with van der Waals surface area (Å²) < 4.78 is 0. The van der Waals surface area contributed by atoms with E-state index in [0.29, 0.717) is 5.92 Å². The molecule has 0 aromatic heterocycles. The molecule has 0 saturated carbocycles. The number of benzene rings is 2. The molecule has 1 aliphatic carbocycles. The molecule has 0 atom stereocenters. The van der Waals surface area contributed by atoms with Crippen molar-refractivity contribution < 1.29 is 17.1 Å². The summed E-state index contributed by atoms with van der Waals surface area (Å²) in [5.41, 5.74) is 1.44. The Balaban J connectivity index is 0.000000352. The Hall–Kier alpha value is -2.43. The van der Waals surface area contributed by atoms with Gasteiger partial charge in [-0.3, -0.25) is 0 Å². The third kappa shape index (κ3) is 5.34. The fourth-order valence-electron chi connectivity index (χ4n) is 3.45. The summed E-state index contributed by atoms with van der Waals surface area (Å²) in [5, 5.41) is 4.29. The van der Waals surface area contributed by atoms with Crippen molar-refractivity contribution in [3.8, 4) is 0 Å². The van der Waals surface area contributed by atoms with Crippen LogP contribution in [0.4, 0.5) is 0 Å². The number of hydrogen-bond donors (Lipinski definition) is 0. The molecule has 0 unspecified atom stereocenters. The van der Waals surface area contributed by atoms with Crippen molar-refractivity contribution in [1.29, 1.82) is 0 Å². The van der Waals surface area contributed by atoms with E-state index in [1.54, 1.807) is 0 Å². The molecule has 29 heavy (non-hydrogen) atoms. The van der Waals surface area contributed by atoms with Crippen LogP contribution in [0.1, 0.15) is 11.5 Å². The summed E-state index contributed by atoms with van der Waals surface area (Å²) in [6.07, 6.45) is 8.86. The van der Waals surface area contributed by atoms with E-state index in [4.69, 9.17) is 0 Å². The average Bonchev–Trinajstić information content (AvgIpc) is 3.53. The van der Waals surface area contributed by atoms with Gasteiger partial charge >= 0.3 is 17.1 Å². The molecule has 4 aromatic carbocycles. The van der Waals surface area contributed by atoms with E-state index >= 15 is 0 Å². The standard InChI is InChI=1S/C22H18P.C5H5.Fe/c1-3-12-19(13-4-1)23(20-14-5-2-6-15-20)22-17-9-16-21(22)18-10-7-8-11-18;1-2-4-5-3-1;/h1-18H;1-5H;/q2*-1;+2. The van der Waals surface area contributed by atoms with Crippen molar-refractivity contribution in [3.05, 3.63) is 139 Å². The van der Waals surface area contributed by atoms with Gasteiger partial charge in [0.15, 0.2) is 0 Å². The van der Waals surface area contributed by atoms with Gasteiger partial charge < -0.3 is 0 Å². The summed E-state index contributed by atoms with van der Waals surface area (Å²) in [4.78, 5) is 0. The van der Waals surface area contributed by atoms with Crippen LogP contribution in [0.15, 0.2) is 133 Å². The molecule has 0 amide bonds. The molecule has 1 aliphatic rings. The summed E-state index contributed by atoms with van der Waals surface area (Å²) in [5.74, 6) is 0.414. The van der Waals surface area contributed by atoms with Crippen molar-refractivity contribution in [3.63, 3.8) is 0 Å². The molecule has 4 aromatic rings. The molecule has 0 aliphatic heterocycles. The molecule has 5 rings (SSSR count). The first-order valence-corrected chi connectivity index (χ1v) is 10.9. The first-order chi connectivity index (χ1) is 13.9. The van der Waals surface area contributed by atoms with E-state index in [1.165, 1.54) is 21.5 Å². The van der Waals surface area contributed by atoms with Crippen LogP contribution in [-0.2, 0) is 17.1 Å². The molecular formula is C27H23FeP. The Morgan fingerprint density at radius 2 is 1.21 bits per heavy atom. The minimum absolute atomic E-state index is 0. The first-order valence-electron chi connectivity index (χ1n) is 9.61. The molecule has 0 fully saturated rings. The van der Waals surface area contributed by atoms with Gasteiger partial charge in [-0.05, 0) is 24.4 Å². The van der Waals surface area contributed by atoms with Crippen LogP contribution in [0.2, 0.25) is 0 Å². The minimum Gasteiger partial charge on any atom is -0.214 e. The normalized spacial score (nSPS) is 12.4. The summed E-state index contributed by atoms with van der Waals surface area (Å²) in [6.45, 7) is 0. The van der Waals surface area contributed by atoms with E-state index in [1.807, 2.05) is 30.3 Å². The van der Waals surface area contributed by atoms with E-state index in [-0.39, 0.29) is 17.1 Å². The molecule has 0 saturated heterocycles. The minimum atomic E-state index is -0.514. The first kappa shape index (κ1) is 21.3. The molecule has 0 bridgehead atoms. The second kappa shape index (κ2) is 10.9. The number of hydrogen-bond acceptors (Lipinski definition) is 0. The SMILES string of the molecule is C1=CC([c-]2cccc2P(c2ccccc2)c2ccccc2)C=C1.[Fe+2].c1cc[cH-]c1. The molecule has 0 nitrogen and oxygen atoms in total. The molecule has 144 valence electrons. The molecule has 0 radical (unpaired) electrons. The van der Waals surface area contributed by atoms with E-state index < -0.39 is 7.92 Å². The summed E-state index contributed by atoms with van der Waals surface area (Å²) >= 11 is 0. The molecule has 0 N–H and O–H groups in total. The molecule has 0 spiro atoms. The number of allylic oxidation sites excluding steroid dienone is 4. The van der Waals surface area contributed by atoms with Gasteiger partial charge in [0.05, 0.1) is 0 Å². The van der Waals surface area contributed by atoms with Crippen LogP contribution in [-0.4, -0.2) is 0 Å². The zero-order chi connectivity index (χ0) is 19.0. The van der Waals surface area contributed by atoms with Gasteiger partial charge in [0.1, 0.15) is 0 Å². The molecule has 2 heteroatoms. The maximum atomic E-state index is 2.31. The van der Waals surface area contributed by atoms with Crippen molar-refractivity contribution in [2.45, 2.75) is 5.92 Å². The monoisotopic (exact) mass is 434 g/mol. The van der Waals surface area contributed by atoms with Crippen LogP contribution < -0.4 is 15.9 Å². The van der Waals surface area contributed by atoms with Crippen LogP contribution in [0, 0.1) is 0 Å². The predicted octanol–water partition coefficient (Wildman–Crippen LogP) is 5.78. The van der Waals surface area contributed by atoms with Gasteiger partial charge in [0.2, 0.25) is 0 Å². The predicted molar refractivity (Wildman–Crippen MR) is 124 cm³/mol. The summed E-state index contributed by atoms with van der Waals surface area (Å²) in [7, 11) is -0.514. The van der Waals surface area contributed by atoms with Gasteiger partial charge in [-0.25, -0.2) is 24.3 Å². The van der Waals surface area contributed by atoms with Crippen molar-refractivity contribution >= 4 is 23.8 Å². The van der Waals surface area contributed by atoms with Gasteiger partial charge in [0.25, 0.3) is 0 Å². The van der Waals surface area contributed by atoms with Crippen molar-refractivity contribution in [2.24, 2.45) is 0 Å². The Labute approximate surface area is 185 Å². The van der Waals surface area contributed by atoms with E-state index in [9.17, 15) is 0 Å². The van der Waals surface area contributed by atoms with Crippen molar-refractivity contribution in [1.82, 2.24) is 0 Å². The fourth-order valence-corrected chi connectivity index (χ4v) is 5.96. The zero-order valence-corrected chi connectivity index (χ0v) is 18.1. The summed E-state index contributed by atoms with van der Waals surface area (Å²) in [6, 6.07) is 38.6. The van der Waals surface area contributed by atoms with Gasteiger partial charge in [-0.1, -0.05) is 85.0 Å². The van der Waals surface area contributed by atoms with Crippen LogP contribution in [0.3, 0.4) is 0 Å². The average molecular weight is 434 g/mol. The maximum Gasteiger partial charge on any atom is 2.00 e. The quantitative estimate of drug-likeness (QED) is 0.217. The fraction of sp³-hybridized carbons (Fsp3) is 0.0370. The van der Waals surface area contributed by atoms with Crippen LogP contribution in [0.25, 0.3) is 0 Å². The van der Waals surface area contributed by atoms with Crippen LogP contribution in [0.5, 0.6) is 0 Å². The smallest absolute Gasteiger partial charge is 0.214 e. The zero-order valence-electron chi connectivity index (χ0n) is 16.1. The van der Waals surface area contributed by atoms with E-state index in [0.717, 1.165) is 0 Å². The molecule has 0 heterocycles. The van der Waals surface area contributed by atoms with Crippen molar-refractivity contribution in [2.75, 3.05) is 0 Å². The third-order valence-corrected chi connectivity index (χ3v) is 7.28. The second-order valence-electron chi connectivity index (χ2n) is 6.63. The largest absolute Gasteiger partial charge is 2.00 e. The number of rotatable bonds is 4. The second-order valence-corrected chi connectivity index (χ2v) is 8.82. The van der Waals surface area contributed by atoms with E-state index in [2.05, 4.69) is 103 Å². The van der Waals surface area contributed by atoms with Gasteiger partial charge in [-0.15, -0.1) is 10.9 Å². The topological polar surface area (TPSA) is 0 Å². The van der Waals surface area contributed by atoms with Crippen LogP contribution >= 0.6 is 7.92 Å².